The minimum Gasteiger partial charge on any atom is -0.350 e. The molecule has 0 bridgehead atoms. The Balaban J connectivity index is 2.03. The highest BCUT2D eigenvalue weighted by atomic mass is 32.1. The smallest absolute Gasteiger partial charge is 0.350 e. The van der Waals surface area contributed by atoms with Crippen LogP contribution in [0.15, 0.2) is 28.7 Å². The molecule has 0 aliphatic carbocycles. The predicted molar refractivity (Wildman–Crippen MR) is 57.5 cm³/mol. The zero-order valence-electron chi connectivity index (χ0n) is 8.44. The predicted octanol–water partition coefficient (Wildman–Crippen LogP) is 2.79. The molecule has 17 heavy (non-hydrogen) atoms. The standard InChI is InChI=1S/C10H8F3NO2S/c11-10(12,13)9(15)6-7(14-16-9)3-4-8-2-1-5-17-8/h1-5,15H,6H2. The molecule has 1 aliphatic heterocycles. The summed E-state index contributed by atoms with van der Waals surface area (Å²) in [6.07, 6.45) is -2.53. The molecule has 2 rings (SSSR count). The summed E-state index contributed by atoms with van der Waals surface area (Å²) in [7, 11) is 0. The summed E-state index contributed by atoms with van der Waals surface area (Å²) in [4.78, 5) is 4.94. The van der Waals surface area contributed by atoms with E-state index in [1.807, 2.05) is 17.5 Å². The minimum absolute atomic E-state index is 0.0539. The van der Waals surface area contributed by atoms with E-state index < -0.39 is 18.4 Å². The quantitative estimate of drug-likeness (QED) is 0.891. The molecular formula is C10H8F3NO2S. The van der Waals surface area contributed by atoms with Crippen molar-refractivity contribution in [3.8, 4) is 0 Å². The van der Waals surface area contributed by atoms with Crippen LogP contribution in [0.3, 0.4) is 0 Å². The van der Waals surface area contributed by atoms with Gasteiger partial charge in [0.1, 0.15) is 0 Å². The molecule has 1 aromatic heterocycles. The van der Waals surface area contributed by atoms with Gasteiger partial charge in [0.2, 0.25) is 0 Å². The van der Waals surface area contributed by atoms with Crippen molar-refractivity contribution in [3.05, 3.63) is 28.5 Å². The molecule has 7 heteroatoms. The summed E-state index contributed by atoms with van der Waals surface area (Å²) < 4.78 is 37.1. The highest BCUT2D eigenvalue weighted by molar-refractivity contribution is 7.10. The van der Waals surface area contributed by atoms with E-state index in [0.717, 1.165) is 4.88 Å². The summed E-state index contributed by atoms with van der Waals surface area (Å²) in [5.74, 6) is -3.19. The van der Waals surface area contributed by atoms with Gasteiger partial charge >= 0.3 is 12.0 Å². The number of rotatable bonds is 2. The van der Waals surface area contributed by atoms with Crippen LogP contribution in [0, 0.1) is 0 Å². The first-order valence-corrected chi connectivity index (χ1v) is 5.54. The van der Waals surface area contributed by atoms with Crippen LogP contribution in [0.2, 0.25) is 0 Å². The van der Waals surface area contributed by atoms with Crippen molar-refractivity contribution in [1.29, 1.82) is 0 Å². The fourth-order valence-corrected chi connectivity index (χ4v) is 1.87. The van der Waals surface area contributed by atoms with Gasteiger partial charge in [0.15, 0.2) is 0 Å². The fourth-order valence-electron chi connectivity index (χ4n) is 1.25. The number of oxime groups is 1. The van der Waals surface area contributed by atoms with Crippen molar-refractivity contribution in [3.63, 3.8) is 0 Å². The molecule has 3 nitrogen and oxygen atoms in total. The van der Waals surface area contributed by atoms with Gasteiger partial charge in [-0.3, -0.25) is 0 Å². The van der Waals surface area contributed by atoms with Crippen molar-refractivity contribution in [1.82, 2.24) is 0 Å². The van der Waals surface area contributed by atoms with Crippen LogP contribution in [0.1, 0.15) is 11.3 Å². The zero-order valence-corrected chi connectivity index (χ0v) is 9.26. The molecule has 1 unspecified atom stereocenters. The van der Waals surface area contributed by atoms with E-state index in [2.05, 4.69) is 9.99 Å². The third kappa shape index (κ3) is 2.50. The summed E-state index contributed by atoms with van der Waals surface area (Å²) in [6.45, 7) is 0. The molecule has 0 fully saturated rings. The minimum atomic E-state index is -4.85. The molecule has 0 radical (unpaired) electrons. The monoisotopic (exact) mass is 263 g/mol. The van der Waals surface area contributed by atoms with Gasteiger partial charge in [-0.15, -0.1) is 11.3 Å². The maximum atomic E-state index is 12.4. The normalized spacial score (nSPS) is 25.1. The molecule has 2 heterocycles. The lowest BCUT2D eigenvalue weighted by atomic mass is 10.1. The number of thiophene rings is 1. The van der Waals surface area contributed by atoms with Crippen LogP contribution in [0.4, 0.5) is 13.2 Å². The lowest BCUT2D eigenvalue weighted by Crippen LogP contribution is -2.45. The Bertz CT molecular complexity index is 453. The molecule has 0 spiro atoms. The zero-order chi connectivity index (χ0) is 12.5. The van der Waals surface area contributed by atoms with Gasteiger partial charge in [0.05, 0.1) is 12.1 Å². The molecule has 1 aromatic rings. The lowest BCUT2D eigenvalue weighted by Gasteiger charge is -2.22. The van der Waals surface area contributed by atoms with Gasteiger partial charge < -0.3 is 9.94 Å². The van der Waals surface area contributed by atoms with Gasteiger partial charge in [0, 0.05) is 4.88 Å². The maximum Gasteiger partial charge on any atom is 0.458 e. The van der Waals surface area contributed by atoms with Crippen LogP contribution in [0.5, 0.6) is 0 Å². The average molecular weight is 263 g/mol. The molecule has 92 valence electrons. The second-order valence-corrected chi connectivity index (χ2v) is 4.46. The van der Waals surface area contributed by atoms with Crippen molar-refractivity contribution < 1.29 is 23.1 Å². The first-order chi connectivity index (χ1) is 7.91. The molecular weight excluding hydrogens is 255 g/mol. The van der Waals surface area contributed by atoms with E-state index in [-0.39, 0.29) is 5.71 Å². The first-order valence-electron chi connectivity index (χ1n) is 4.66. The molecule has 0 aromatic carbocycles. The molecule has 1 aliphatic rings. The molecule has 1 atom stereocenters. The number of alkyl halides is 3. The fraction of sp³-hybridized carbons (Fsp3) is 0.300. The molecule has 0 saturated heterocycles. The molecule has 1 N–H and O–H groups in total. The maximum absolute atomic E-state index is 12.4. The van der Waals surface area contributed by atoms with Crippen molar-refractivity contribution in [2.24, 2.45) is 5.16 Å². The number of halogens is 3. The topological polar surface area (TPSA) is 41.8 Å². The molecule has 0 amide bonds. The highest BCUT2D eigenvalue weighted by Gasteiger charge is 2.60. The number of allylic oxidation sites excluding steroid dienone is 1. The largest absolute Gasteiger partial charge is 0.458 e. The van der Waals surface area contributed by atoms with Crippen LogP contribution in [-0.2, 0) is 4.84 Å². The average Bonchev–Trinajstić information content (AvgIpc) is 2.83. The number of nitrogens with zero attached hydrogens (tertiary/aromatic N) is 1. The Labute approximate surface area is 98.8 Å². The van der Waals surface area contributed by atoms with Crippen LogP contribution in [-0.4, -0.2) is 22.8 Å². The number of hydrogen-bond donors (Lipinski definition) is 1. The SMILES string of the molecule is OC1(C(F)(F)F)CC(C=Cc2cccs2)=NO1. The lowest BCUT2D eigenvalue weighted by molar-refractivity contribution is -0.355. The van der Waals surface area contributed by atoms with Crippen molar-refractivity contribution in [2.45, 2.75) is 18.4 Å². The van der Waals surface area contributed by atoms with E-state index in [0.29, 0.717) is 0 Å². The van der Waals surface area contributed by atoms with E-state index in [1.54, 1.807) is 6.08 Å². The van der Waals surface area contributed by atoms with Gasteiger partial charge in [-0.05, 0) is 23.6 Å². The van der Waals surface area contributed by atoms with Crippen molar-refractivity contribution in [2.75, 3.05) is 0 Å². The van der Waals surface area contributed by atoms with Crippen LogP contribution >= 0.6 is 11.3 Å². The second kappa shape index (κ2) is 4.15. The molecule has 0 saturated carbocycles. The third-order valence-corrected chi connectivity index (χ3v) is 3.00. The van der Waals surface area contributed by atoms with Crippen LogP contribution < -0.4 is 0 Å². The van der Waals surface area contributed by atoms with Gasteiger partial charge in [-0.25, -0.2) is 0 Å². The van der Waals surface area contributed by atoms with E-state index in [4.69, 9.17) is 5.11 Å². The van der Waals surface area contributed by atoms with E-state index >= 15 is 0 Å². The van der Waals surface area contributed by atoms with Crippen molar-refractivity contribution >= 4 is 23.1 Å². The second-order valence-electron chi connectivity index (χ2n) is 3.48. The summed E-state index contributed by atoms with van der Waals surface area (Å²) in [6, 6.07) is 3.64. The summed E-state index contributed by atoms with van der Waals surface area (Å²) >= 11 is 1.44. The van der Waals surface area contributed by atoms with Crippen LogP contribution in [0.25, 0.3) is 6.08 Å². The third-order valence-electron chi connectivity index (χ3n) is 2.16. The van der Waals surface area contributed by atoms with Gasteiger partial charge in [0.25, 0.3) is 0 Å². The Morgan fingerprint density at radius 1 is 1.47 bits per heavy atom. The highest BCUT2D eigenvalue weighted by Crippen LogP contribution is 2.38. The summed E-state index contributed by atoms with van der Waals surface area (Å²) in [5.41, 5.74) is 0.0539. The van der Waals surface area contributed by atoms with Gasteiger partial charge in [-0.2, -0.15) is 13.2 Å². The van der Waals surface area contributed by atoms with E-state index in [1.165, 1.54) is 17.4 Å². The Kier molecular flexibility index (Phi) is 2.96. The Morgan fingerprint density at radius 3 is 2.76 bits per heavy atom. The summed E-state index contributed by atoms with van der Waals surface area (Å²) in [5, 5.41) is 14.2. The number of aliphatic hydroxyl groups is 1. The Hall–Kier alpha value is -1.34. The first kappa shape index (κ1) is 12.1. The van der Waals surface area contributed by atoms with Gasteiger partial charge in [-0.1, -0.05) is 11.2 Å². The number of hydrogen-bond acceptors (Lipinski definition) is 4. The Morgan fingerprint density at radius 2 is 2.24 bits per heavy atom. The van der Waals surface area contributed by atoms with E-state index in [9.17, 15) is 13.2 Å².